The number of esters is 1. The van der Waals surface area contributed by atoms with Crippen LogP contribution in [0, 0.1) is 11.8 Å². The molecule has 0 radical (unpaired) electrons. The Balaban J connectivity index is 1.34. The second-order valence-electron chi connectivity index (χ2n) is 13.7. The van der Waals surface area contributed by atoms with Crippen molar-refractivity contribution in [1.29, 1.82) is 0 Å². The number of rotatable bonds is 12. The zero-order valence-electron chi connectivity index (χ0n) is 29.0. The Morgan fingerprint density at radius 1 is 1.08 bits per heavy atom. The van der Waals surface area contributed by atoms with Gasteiger partial charge in [0.2, 0.25) is 11.8 Å². The van der Waals surface area contributed by atoms with Crippen molar-refractivity contribution in [1.82, 2.24) is 20.1 Å². The standard InChI is InChI=1S/C39H48N4O6/c1-6-27-23-39(27,38(46)48-7-2)41-36(44)33-21-29(24-43(33)37(45)35(25(3)4)42-18-12-9-13-19-42)49-34-22-31(26-14-10-8-11-15-26)40-32-20-28(47-5)16-17-30(32)34/h6,8,10-11,14-17,20,22,25,27,29,33,35H,1,7,9,12-13,18-19,21,23-24H2,2-5H3,(H,41,44)/t27?,29-,33+,35+,39?/m1/s1. The van der Waals surface area contributed by atoms with Gasteiger partial charge in [-0.25, -0.2) is 9.78 Å². The highest BCUT2D eigenvalue weighted by Gasteiger charge is 2.62. The molecule has 2 aromatic carbocycles. The topological polar surface area (TPSA) is 110 Å². The Morgan fingerprint density at radius 3 is 2.49 bits per heavy atom. The van der Waals surface area contributed by atoms with Crippen molar-refractivity contribution in [3.05, 3.63) is 67.3 Å². The number of fused-ring (bicyclic) bond motifs is 1. The van der Waals surface area contributed by atoms with Gasteiger partial charge in [0.05, 0.1) is 37.5 Å². The largest absolute Gasteiger partial charge is 0.497 e. The number of ether oxygens (including phenoxy) is 3. The van der Waals surface area contributed by atoms with Gasteiger partial charge < -0.3 is 24.4 Å². The average Bonchev–Trinajstić information content (AvgIpc) is 3.67. The zero-order chi connectivity index (χ0) is 34.7. The number of carbonyl (C=O) groups is 3. The van der Waals surface area contributed by atoms with Crippen molar-refractivity contribution in [2.75, 3.05) is 33.4 Å². The van der Waals surface area contributed by atoms with Crippen LogP contribution >= 0.6 is 0 Å². The maximum Gasteiger partial charge on any atom is 0.332 e. The van der Waals surface area contributed by atoms with Gasteiger partial charge in [-0.05, 0) is 57.3 Å². The first-order chi connectivity index (χ1) is 23.7. The van der Waals surface area contributed by atoms with E-state index in [9.17, 15) is 14.4 Å². The molecule has 260 valence electrons. The number of aromatic nitrogens is 1. The van der Waals surface area contributed by atoms with E-state index < -0.39 is 23.7 Å². The van der Waals surface area contributed by atoms with Crippen LogP contribution in [0.4, 0.5) is 0 Å². The van der Waals surface area contributed by atoms with E-state index in [1.807, 2.05) is 54.6 Å². The summed E-state index contributed by atoms with van der Waals surface area (Å²) in [5, 5.41) is 3.81. The summed E-state index contributed by atoms with van der Waals surface area (Å²) in [6.07, 6.45) is 5.11. The van der Waals surface area contributed by atoms with Gasteiger partial charge in [0.25, 0.3) is 0 Å². The highest BCUT2D eigenvalue weighted by molar-refractivity contribution is 5.96. The molecule has 2 saturated heterocycles. The van der Waals surface area contributed by atoms with Crippen molar-refractivity contribution in [3.8, 4) is 22.8 Å². The molecule has 3 aliphatic rings. The maximum atomic E-state index is 14.6. The minimum Gasteiger partial charge on any atom is -0.497 e. The number of hydrogen-bond acceptors (Lipinski definition) is 8. The van der Waals surface area contributed by atoms with E-state index >= 15 is 0 Å². The number of benzene rings is 2. The van der Waals surface area contributed by atoms with Crippen LogP contribution in [0.25, 0.3) is 22.2 Å². The van der Waals surface area contributed by atoms with Gasteiger partial charge in [0, 0.05) is 35.4 Å². The lowest BCUT2D eigenvalue weighted by atomic mass is 9.97. The molecule has 2 amide bonds. The molecule has 3 fully saturated rings. The molecule has 1 N–H and O–H groups in total. The summed E-state index contributed by atoms with van der Waals surface area (Å²) in [4.78, 5) is 50.8. The Labute approximate surface area is 288 Å². The number of nitrogens with zero attached hydrogens (tertiary/aromatic N) is 3. The highest BCUT2D eigenvalue weighted by Crippen LogP contribution is 2.46. The van der Waals surface area contributed by atoms with Gasteiger partial charge >= 0.3 is 5.97 Å². The van der Waals surface area contributed by atoms with E-state index in [-0.39, 0.29) is 49.3 Å². The Morgan fingerprint density at radius 2 is 1.84 bits per heavy atom. The molecule has 10 heteroatoms. The lowest BCUT2D eigenvalue weighted by Gasteiger charge is -2.39. The third-order valence-corrected chi connectivity index (χ3v) is 10.1. The van der Waals surface area contributed by atoms with E-state index in [1.54, 1.807) is 25.0 Å². The van der Waals surface area contributed by atoms with Crippen LogP contribution in [0.5, 0.6) is 11.5 Å². The van der Waals surface area contributed by atoms with E-state index in [4.69, 9.17) is 19.2 Å². The van der Waals surface area contributed by atoms with E-state index in [2.05, 4.69) is 30.6 Å². The van der Waals surface area contributed by atoms with E-state index in [0.29, 0.717) is 23.4 Å². The number of likely N-dealkylation sites (tertiary alicyclic amines) is 2. The number of carbonyl (C=O) groups excluding carboxylic acids is 3. The third kappa shape index (κ3) is 7.02. The van der Waals surface area contributed by atoms with Gasteiger partial charge in [0.1, 0.15) is 29.2 Å². The summed E-state index contributed by atoms with van der Waals surface area (Å²) < 4.78 is 17.6. The minimum absolute atomic E-state index is 0.0429. The van der Waals surface area contributed by atoms with E-state index in [1.165, 1.54) is 0 Å². The summed E-state index contributed by atoms with van der Waals surface area (Å²) in [5.41, 5.74) is 1.21. The zero-order valence-corrected chi connectivity index (χ0v) is 29.0. The van der Waals surface area contributed by atoms with Crippen molar-refractivity contribution < 1.29 is 28.6 Å². The fraction of sp³-hybridized carbons (Fsp3) is 0.487. The summed E-state index contributed by atoms with van der Waals surface area (Å²) >= 11 is 0. The third-order valence-electron chi connectivity index (χ3n) is 10.1. The lowest BCUT2D eigenvalue weighted by Crippen LogP contribution is -2.58. The Hall–Kier alpha value is -4.44. The Bertz CT molecular complexity index is 1690. The molecule has 0 bridgehead atoms. The number of nitrogens with one attached hydrogen (secondary N) is 1. The molecule has 1 aliphatic carbocycles. The molecule has 5 atom stereocenters. The number of piperidine rings is 1. The first kappa shape index (κ1) is 34.4. The predicted molar refractivity (Wildman–Crippen MR) is 188 cm³/mol. The fourth-order valence-electron chi connectivity index (χ4n) is 7.51. The van der Waals surface area contributed by atoms with Crippen LogP contribution in [0.1, 0.15) is 52.9 Å². The predicted octanol–water partition coefficient (Wildman–Crippen LogP) is 5.39. The molecule has 1 saturated carbocycles. The monoisotopic (exact) mass is 668 g/mol. The minimum atomic E-state index is -1.17. The number of methoxy groups -OCH3 is 1. The van der Waals surface area contributed by atoms with Gasteiger partial charge in [-0.3, -0.25) is 14.5 Å². The Kier molecular flexibility index (Phi) is 10.2. The molecule has 2 aliphatic heterocycles. The molecule has 3 aromatic rings. The molecular formula is C39H48N4O6. The van der Waals surface area contributed by atoms with Crippen molar-refractivity contribution >= 4 is 28.7 Å². The fourth-order valence-corrected chi connectivity index (χ4v) is 7.51. The van der Waals surface area contributed by atoms with Crippen LogP contribution in [-0.4, -0.2) is 89.6 Å². The van der Waals surface area contributed by atoms with Gasteiger partial charge in [0.15, 0.2) is 0 Å². The van der Waals surface area contributed by atoms with E-state index in [0.717, 1.165) is 49.0 Å². The quantitative estimate of drug-likeness (QED) is 0.202. The second-order valence-corrected chi connectivity index (χ2v) is 13.7. The molecule has 10 nitrogen and oxygen atoms in total. The summed E-state index contributed by atoms with van der Waals surface area (Å²) in [6.45, 7) is 11.9. The lowest BCUT2D eigenvalue weighted by molar-refractivity contribution is -0.150. The average molecular weight is 669 g/mol. The van der Waals surface area contributed by atoms with Gasteiger partial charge in [-0.15, -0.1) is 6.58 Å². The van der Waals surface area contributed by atoms with Crippen LogP contribution < -0.4 is 14.8 Å². The van der Waals surface area contributed by atoms with Crippen LogP contribution in [0.3, 0.4) is 0 Å². The molecule has 0 spiro atoms. The molecular weight excluding hydrogens is 620 g/mol. The van der Waals surface area contributed by atoms with Crippen LogP contribution in [-0.2, 0) is 19.1 Å². The van der Waals surface area contributed by atoms with Crippen molar-refractivity contribution in [2.24, 2.45) is 11.8 Å². The van der Waals surface area contributed by atoms with Crippen molar-refractivity contribution in [2.45, 2.75) is 76.6 Å². The molecule has 49 heavy (non-hydrogen) atoms. The molecule has 6 rings (SSSR count). The first-order valence-corrected chi connectivity index (χ1v) is 17.6. The number of amides is 2. The van der Waals surface area contributed by atoms with Gasteiger partial charge in [-0.1, -0.05) is 56.7 Å². The number of pyridine rings is 1. The first-order valence-electron chi connectivity index (χ1n) is 17.6. The second kappa shape index (κ2) is 14.6. The van der Waals surface area contributed by atoms with Crippen LogP contribution in [0.15, 0.2) is 67.3 Å². The smallest absolute Gasteiger partial charge is 0.332 e. The molecule has 3 heterocycles. The molecule has 1 aromatic heterocycles. The normalized spacial score (nSPS) is 24.3. The highest BCUT2D eigenvalue weighted by atomic mass is 16.5. The maximum absolute atomic E-state index is 14.6. The van der Waals surface area contributed by atoms with Crippen LogP contribution in [0.2, 0.25) is 0 Å². The summed E-state index contributed by atoms with van der Waals surface area (Å²) in [6, 6.07) is 16.3. The van der Waals surface area contributed by atoms with Crippen molar-refractivity contribution in [3.63, 3.8) is 0 Å². The SMILES string of the molecule is C=CC1CC1(NC(=O)[C@@H]1C[C@@H](Oc2cc(-c3ccccc3)nc3cc(OC)ccc23)CN1C(=O)[C@H](C(C)C)N1CCCCC1)C(=O)OCC. The summed E-state index contributed by atoms with van der Waals surface area (Å²) in [5.74, 6) is 0.154. The summed E-state index contributed by atoms with van der Waals surface area (Å²) in [7, 11) is 1.62. The molecule has 2 unspecified atom stereocenters. The van der Waals surface area contributed by atoms with Gasteiger partial charge in [-0.2, -0.15) is 0 Å². The number of hydrogen-bond donors (Lipinski definition) is 1.